The number of nitro benzene ring substituents is 1. The van der Waals surface area contributed by atoms with Crippen LogP contribution >= 0.6 is 15.9 Å². The van der Waals surface area contributed by atoms with Crippen molar-refractivity contribution in [2.75, 3.05) is 6.54 Å². The number of non-ortho nitro benzene ring substituents is 1. The van der Waals surface area contributed by atoms with E-state index in [0.717, 1.165) is 11.1 Å². The molecule has 0 bridgehead atoms. The molecule has 0 saturated carbocycles. The maximum atomic E-state index is 11.6. The highest BCUT2D eigenvalue weighted by Gasteiger charge is 2.09. The number of hydrogen-bond donors (Lipinski definition) is 1. The van der Waals surface area contributed by atoms with Crippen molar-refractivity contribution in [3.8, 4) is 0 Å². The first-order chi connectivity index (χ1) is 11.1. The molecule has 1 N–H and O–H groups in total. The predicted molar refractivity (Wildman–Crippen MR) is 89.1 cm³/mol. The van der Waals surface area contributed by atoms with Gasteiger partial charge in [-0.3, -0.25) is 10.1 Å². The van der Waals surface area contributed by atoms with Crippen LogP contribution in [-0.2, 0) is 17.8 Å². The topological polar surface area (TPSA) is 81.5 Å². The van der Waals surface area contributed by atoms with Gasteiger partial charge in [-0.05, 0) is 17.5 Å². The fourth-order valence-electron chi connectivity index (χ4n) is 1.93. The third-order valence-corrected chi connectivity index (χ3v) is 3.86. The molecule has 0 aromatic heterocycles. The molecule has 6 nitrogen and oxygen atoms in total. The van der Waals surface area contributed by atoms with E-state index in [4.69, 9.17) is 4.74 Å². The molecule has 0 saturated heterocycles. The SMILES string of the molecule is O=C(NCCc1ccc([N+](=O)[O-])cc1Br)OCc1ccccc1. The molecule has 0 aliphatic rings. The number of halogens is 1. The molecule has 120 valence electrons. The monoisotopic (exact) mass is 378 g/mol. The molecule has 0 unspecified atom stereocenters. The van der Waals surface area contributed by atoms with Crippen molar-refractivity contribution in [3.63, 3.8) is 0 Å². The van der Waals surface area contributed by atoms with Crippen LogP contribution in [0.25, 0.3) is 0 Å². The van der Waals surface area contributed by atoms with E-state index in [1.807, 2.05) is 30.3 Å². The fourth-order valence-corrected chi connectivity index (χ4v) is 2.49. The van der Waals surface area contributed by atoms with Gasteiger partial charge in [-0.2, -0.15) is 0 Å². The third-order valence-electron chi connectivity index (χ3n) is 3.12. The summed E-state index contributed by atoms with van der Waals surface area (Å²) in [6.07, 6.45) is 0.0471. The molecule has 0 aliphatic heterocycles. The van der Waals surface area contributed by atoms with Crippen LogP contribution in [0, 0.1) is 10.1 Å². The summed E-state index contributed by atoms with van der Waals surface area (Å²) >= 11 is 3.30. The first-order valence-electron chi connectivity index (χ1n) is 6.93. The number of nitrogens with one attached hydrogen (secondary N) is 1. The number of carbonyl (C=O) groups is 1. The highest BCUT2D eigenvalue weighted by atomic mass is 79.9. The summed E-state index contributed by atoms with van der Waals surface area (Å²) in [5.41, 5.74) is 1.82. The largest absolute Gasteiger partial charge is 0.445 e. The molecule has 0 heterocycles. The first kappa shape index (κ1) is 17.0. The zero-order chi connectivity index (χ0) is 16.7. The molecule has 1 amide bonds. The normalized spacial score (nSPS) is 10.1. The number of nitro groups is 1. The quantitative estimate of drug-likeness (QED) is 0.611. The fraction of sp³-hybridized carbons (Fsp3) is 0.188. The molecular formula is C16H15BrN2O4. The van der Waals surface area contributed by atoms with E-state index >= 15 is 0 Å². The summed E-state index contributed by atoms with van der Waals surface area (Å²) in [5.74, 6) is 0. The average Bonchev–Trinajstić information content (AvgIpc) is 2.55. The minimum atomic E-state index is -0.494. The number of rotatable bonds is 6. The van der Waals surface area contributed by atoms with Gasteiger partial charge in [0.1, 0.15) is 6.61 Å². The van der Waals surface area contributed by atoms with E-state index in [9.17, 15) is 14.9 Å². The second-order valence-corrected chi connectivity index (χ2v) is 5.63. The van der Waals surface area contributed by atoms with Gasteiger partial charge in [0.15, 0.2) is 0 Å². The molecule has 0 aliphatic carbocycles. The van der Waals surface area contributed by atoms with Gasteiger partial charge in [0.05, 0.1) is 4.92 Å². The molecule has 7 heteroatoms. The van der Waals surface area contributed by atoms with Crippen LogP contribution in [0.15, 0.2) is 53.0 Å². The summed E-state index contributed by atoms with van der Waals surface area (Å²) in [4.78, 5) is 21.8. The Bertz CT molecular complexity index is 692. The van der Waals surface area contributed by atoms with Crippen LogP contribution < -0.4 is 5.32 Å². The minimum Gasteiger partial charge on any atom is -0.445 e. The van der Waals surface area contributed by atoms with Crippen molar-refractivity contribution in [3.05, 3.63) is 74.2 Å². The van der Waals surface area contributed by atoms with Crippen molar-refractivity contribution in [2.24, 2.45) is 0 Å². The van der Waals surface area contributed by atoms with Crippen LogP contribution in [-0.4, -0.2) is 17.6 Å². The molecule has 0 atom stereocenters. The summed E-state index contributed by atoms with van der Waals surface area (Å²) in [5, 5.41) is 13.3. The molecule has 2 rings (SSSR count). The van der Waals surface area contributed by atoms with Crippen molar-refractivity contribution in [2.45, 2.75) is 13.0 Å². The van der Waals surface area contributed by atoms with E-state index < -0.39 is 11.0 Å². The van der Waals surface area contributed by atoms with Gasteiger partial charge in [0.2, 0.25) is 0 Å². The lowest BCUT2D eigenvalue weighted by Gasteiger charge is -2.08. The molecule has 23 heavy (non-hydrogen) atoms. The number of amides is 1. The second kappa shape index (κ2) is 8.28. The average molecular weight is 379 g/mol. The summed E-state index contributed by atoms with van der Waals surface area (Å²) in [6, 6.07) is 14.0. The zero-order valence-corrected chi connectivity index (χ0v) is 13.8. The van der Waals surface area contributed by atoms with E-state index in [-0.39, 0.29) is 12.3 Å². The van der Waals surface area contributed by atoms with Crippen LogP contribution in [0.3, 0.4) is 0 Å². The van der Waals surface area contributed by atoms with Crippen LogP contribution in [0.1, 0.15) is 11.1 Å². The Morgan fingerprint density at radius 3 is 2.61 bits per heavy atom. The first-order valence-corrected chi connectivity index (χ1v) is 7.73. The smallest absolute Gasteiger partial charge is 0.407 e. The number of ether oxygens (including phenoxy) is 1. The molecule has 0 fully saturated rings. The van der Waals surface area contributed by atoms with Crippen LogP contribution in [0.5, 0.6) is 0 Å². The number of hydrogen-bond acceptors (Lipinski definition) is 4. The van der Waals surface area contributed by atoms with Gasteiger partial charge in [0.25, 0.3) is 5.69 Å². The number of nitrogens with zero attached hydrogens (tertiary/aromatic N) is 1. The highest BCUT2D eigenvalue weighted by molar-refractivity contribution is 9.10. The standard InChI is InChI=1S/C16H15BrN2O4/c17-15-10-14(19(21)22)7-6-13(15)8-9-18-16(20)23-11-12-4-2-1-3-5-12/h1-7,10H,8-9,11H2,(H,18,20). The number of benzene rings is 2. The van der Waals surface area contributed by atoms with Gasteiger partial charge in [-0.1, -0.05) is 52.3 Å². The second-order valence-electron chi connectivity index (χ2n) is 4.77. The van der Waals surface area contributed by atoms with Gasteiger partial charge in [-0.25, -0.2) is 4.79 Å². The van der Waals surface area contributed by atoms with Gasteiger partial charge in [0, 0.05) is 23.2 Å². The van der Waals surface area contributed by atoms with Gasteiger partial charge in [-0.15, -0.1) is 0 Å². The molecule has 2 aromatic carbocycles. The van der Waals surface area contributed by atoms with Gasteiger partial charge < -0.3 is 10.1 Å². The molecular weight excluding hydrogens is 364 g/mol. The Balaban J connectivity index is 1.76. The van der Waals surface area contributed by atoms with E-state index in [1.54, 1.807) is 6.07 Å². The van der Waals surface area contributed by atoms with Crippen molar-refractivity contribution in [1.29, 1.82) is 0 Å². The summed E-state index contributed by atoms with van der Waals surface area (Å²) < 4.78 is 5.74. The lowest BCUT2D eigenvalue weighted by molar-refractivity contribution is -0.384. The van der Waals surface area contributed by atoms with Crippen molar-refractivity contribution in [1.82, 2.24) is 5.32 Å². The predicted octanol–water partition coefficient (Wildman–Crippen LogP) is 3.83. The maximum absolute atomic E-state index is 11.6. The number of carbonyl (C=O) groups excluding carboxylic acids is 1. The highest BCUT2D eigenvalue weighted by Crippen LogP contribution is 2.23. The summed E-state index contributed by atoms with van der Waals surface area (Å²) in [7, 11) is 0. The third kappa shape index (κ3) is 5.37. The Kier molecular flexibility index (Phi) is 6.10. The van der Waals surface area contributed by atoms with Crippen LogP contribution in [0.4, 0.5) is 10.5 Å². The lowest BCUT2D eigenvalue weighted by atomic mass is 10.1. The molecule has 2 aromatic rings. The van der Waals surface area contributed by atoms with E-state index in [0.29, 0.717) is 17.4 Å². The molecule has 0 radical (unpaired) electrons. The Morgan fingerprint density at radius 2 is 1.96 bits per heavy atom. The Morgan fingerprint density at radius 1 is 1.22 bits per heavy atom. The Labute approximate surface area is 141 Å². The van der Waals surface area contributed by atoms with Crippen molar-refractivity contribution >= 4 is 27.7 Å². The van der Waals surface area contributed by atoms with Crippen LogP contribution in [0.2, 0.25) is 0 Å². The number of alkyl carbamates (subject to hydrolysis) is 1. The maximum Gasteiger partial charge on any atom is 0.407 e. The van der Waals surface area contributed by atoms with E-state index in [1.165, 1.54) is 12.1 Å². The minimum absolute atomic E-state index is 0.0239. The molecule has 0 spiro atoms. The Hall–Kier alpha value is -2.41. The van der Waals surface area contributed by atoms with E-state index in [2.05, 4.69) is 21.2 Å². The van der Waals surface area contributed by atoms with Gasteiger partial charge >= 0.3 is 6.09 Å². The summed E-state index contributed by atoms with van der Waals surface area (Å²) in [6.45, 7) is 0.595. The van der Waals surface area contributed by atoms with Crippen molar-refractivity contribution < 1.29 is 14.5 Å². The lowest BCUT2D eigenvalue weighted by Crippen LogP contribution is -2.26. The zero-order valence-electron chi connectivity index (χ0n) is 12.2.